The lowest BCUT2D eigenvalue weighted by Crippen LogP contribution is -2.29. The van der Waals surface area contributed by atoms with Gasteiger partial charge in [0, 0.05) is 18.0 Å². The van der Waals surface area contributed by atoms with Gasteiger partial charge in [-0.25, -0.2) is 8.42 Å². The number of nitrogens with one attached hydrogen (secondary N) is 2. The van der Waals surface area contributed by atoms with Crippen LogP contribution in [-0.4, -0.2) is 44.5 Å². The summed E-state index contributed by atoms with van der Waals surface area (Å²) in [6.45, 7) is 3.21. The molecule has 188 valence electrons. The Morgan fingerprint density at radius 2 is 1.58 bits per heavy atom. The van der Waals surface area contributed by atoms with Gasteiger partial charge in [0.2, 0.25) is 0 Å². The number of rotatable bonds is 8. The van der Waals surface area contributed by atoms with Gasteiger partial charge in [0.15, 0.2) is 0 Å². The maximum absolute atomic E-state index is 13.3. The zero-order valence-electron chi connectivity index (χ0n) is 20.2. The molecule has 2 amide bonds. The number of para-hydroxylation sites is 1. The molecule has 0 unspecified atom stereocenters. The predicted octanol–water partition coefficient (Wildman–Crippen LogP) is 4.94. The van der Waals surface area contributed by atoms with Crippen LogP contribution < -0.4 is 10.0 Å². The van der Waals surface area contributed by atoms with Crippen LogP contribution in [0.25, 0.3) is 0 Å². The normalized spacial score (nSPS) is 14.3. The van der Waals surface area contributed by atoms with Crippen LogP contribution in [0.5, 0.6) is 0 Å². The van der Waals surface area contributed by atoms with Gasteiger partial charge < -0.3 is 10.2 Å². The van der Waals surface area contributed by atoms with Crippen molar-refractivity contribution in [3.05, 3.63) is 89.5 Å². The molecule has 0 saturated carbocycles. The van der Waals surface area contributed by atoms with E-state index >= 15 is 0 Å². The van der Waals surface area contributed by atoms with E-state index in [1.165, 1.54) is 23.9 Å². The summed E-state index contributed by atoms with van der Waals surface area (Å²) in [5, 5.41) is 2.92. The fourth-order valence-corrected chi connectivity index (χ4v) is 5.86. The minimum atomic E-state index is -4.06. The Bertz CT molecular complexity index is 1350. The molecule has 36 heavy (non-hydrogen) atoms. The number of carbonyl (C=O) groups is 2. The highest BCUT2D eigenvalue weighted by atomic mass is 32.2. The molecule has 3 aromatic carbocycles. The maximum Gasteiger partial charge on any atom is 0.261 e. The number of benzene rings is 3. The van der Waals surface area contributed by atoms with Gasteiger partial charge in [-0.05, 0) is 61.9 Å². The summed E-state index contributed by atoms with van der Waals surface area (Å²) in [5.74, 6) is -0.559. The second-order valence-electron chi connectivity index (χ2n) is 8.62. The second-order valence-corrected chi connectivity index (χ2v) is 11.1. The molecular formula is C27H29N3O4S2. The van der Waals surface area contributed by atoms with Crippen LogP contribution in [0, 0.1) is 0 Å². The van der Waals surface area contributed by atoms with Crippen molar-refractivity contribution in [1.82, 2.24) is 10.2 Å². The molecule has 0 spiro atoms. The zero-order chi connectivity index (χ0) is 25.7. The van der Waals surface area contributed by atoms with Crippen LogP contribution in [0.4, 0.5) is 5.69 Å². The number of hydrogen-bond acceptors (Lipinski definition) is 5. The number of carbonyl (C=O) groups excluding carboxylic acids is 2. The van der Waals surface area contributed by atoms with Crippen LogP contribution >= 0.6 is 11.8 Å². The summed E-state index contributed by atoms with van der Waals surface area (Å²) in [5.41, 5.74) is 1.68. The molecule has 0 aromatic heterocycles. The van der Waals surface area contributed by atoms with E-state index < -0.39 is 15.9 Å². The monoisotopic (exact) mass is 523 g/mol. The van der Waals surface area contributed by atoms with E-state index in [-0.39, 0.29) is 28.1 Å². The molecule has 7 nitrogen and oxygen atoms in total. The number of amides is 2. The average molecular weight is 524 g/mol. The van der Waals surface area contributed by atoms with Crippen LogP contribution in [-0.2, 0) is 10.0 Å². The Labute approximate surface area is 216 Å². The van der Waals surface area contributed by atoms with E-state index in [9.17, 15) is 18.0 Å². The van der Waals surface area contributed by atoms with Gasteiger partial charge in [0.05, 0.1) is 27.8 Å². The lowest BCUT2D eigenvalue weighted by atomic mass is 10.1. The van der Waals surface area contributed by atoms with E-state index in [0.29, 0.717) is 18.7 Å². The van der Waals surface area contributed by atoms with Crippen molar-refractivity contribution in [1.29, 1.82) is 0 Å². The number of likely N-dealkylation sites (tertiary alicyclic amines) is 1. The van der Waals surface area contributed by atoms with Gasteiger partial charge in [-0.1, -0.05) is 42.5 Å². The lowest BCUT2D eigenvalue weighted by Gasteiger charge is -2.19. The van der Waals surface area contributed by atoms with Gasteiger partial charge in [-0.3, -0.25) is 14.3 Å². The molecule has 1 atom stereocenters. The van der Waals surface area contributed by atoms with Crippen molar-refractivity contribution >= 4 is 39.3 Å². The summed E-state index contributed by atoms with van der Waals surface area (Å²) >= 11 is 1.40. The largest absolute Gasteiger partial charge is 0.345 e. The molecule has 0 aliphatic carbocycles. The fourth-order valence-electron chi connectivity index (χ4n) is 4.19. The van der Waals surface area contributed by atoms with Gasteiger partial charge in [-0.15, -0.1) is 11.8 Å². The molecule has 4 rings (SSSR count). The number of anilines is 1. The van der Waals surface area contributed by atoms with Crippen molar-refractivity contribution in [2.24, 2.45) is 0 Å². The van der Waals surface area contributed by atoms with Crippen molar-refractivity contribution in [3.8, 4) is 0 Å². The molecule has 9 heteroatoms. The molecule has 1 fully saturated rings. The first-order valence-electron chi connectivity index (χ1n) is 11.7. The minimum absolute atomic E-state index is 0.0317. The molecule has 0 bridgehead atoms. The van der Waals surface area contributed by atoms with Crippen molar-refractivity contribution in [2.45, 2.75) is 35.6 Å². The Morgan fingerprint density at radius 1 is 0.917 bits per heavy atom. The highest BCUT2D eigenvalue weighted by Gasteiger charge is 2.25. The SMILES string of the molecule is CSc1ccc(S(=O)(=O)Nc2ccccc2C(=O)N[C@H](C)c2ccccc2)cc1C(=O)N1CCCC1. The smallest absolute Gasteiger partial charge is 0.261 e. The van der Waals surface area contributed by atoms with Gasteiger partial charge >= 0.3 is 0 Å². The highest BCUT2D eigenvalue weighted by Crippen LogP contribution is 2.28. The van der Waals surface area contributed by atoms with Crippen molar-refractivity contribution in [2.75, 3.05) is 24.1 Å². The highest BCUT2D eigenvalue weighted by molar-refractivity contribution is 7.98. The van der Waals surface area contributed by atoms with Gasteiger partial charge in [0.1, 0.15) is 0 Å². The molecule has 0 radical (unpaired) electrons. The summed E-state index contributed by atoms with van der Waals surface area (Å²) in [6.07, 6.45) is 3.75. The summed E-state index contributed by atoms with van der Waals surface area (Å²) in [4.78, 5) is 28.6. The standard InChI is InChI=1S/C27H29N3O4S2/c1-19(20-10-4-3-5-11-20)28-26(31)22-12-6-7-13-24(22)29-36(33,34)21-14-15-25(35-2)23(18-21)27(32)30-16-8-9-17-30/h3-7,10-15,18-19,29H,8-9,16-17H2,1-2H3,(H,28,31)/t19-/m1/s1. The van der Waals surface area contributed by atoms with Crippen LogP contribution in [0.1, 0.15) is 52.1 Å². The lowest BCUT2D eigenvalue weighted by molar-refractivity contribution is 0.0788. The first kappa shape index (κ1) is 25.8. The number of thioether (sulfide) groups is 1. The average Bonchev–Trinajstić information content (AvgIpc) is 3.43. The van der Waals surface area contributed by atoms with Crippen molar-refractivity contribution < 1.29 is 18.0 Å². The van der Waals surface area contributed by atoms with E-state index in [2.05, 4.69) is 10.0 Å². The molecule has 1 aliphatic heterocycles. The molecule has 1 heterocycles. The Morgan fingerprint density at radius 3 is 2.28 bits per heavy atom. The predicted molar refractivity (Wildman–Crippen MR) is 143 cm³/mol. The number of sulfonamides is 1. The van der Waals surface area contributed by atoms with E-state index in [1.807, 2.05) is 43.5 Å². The van der Waals surface area contributed by atoms with Crippen LogP contribution in [0.2, 0.25) is 0 Å². The first-order chi connectivity index (χ1) is 17.3. The summed E-state index contributed by atoms with van der Waals surface area (Å²) in [7, 11) is -4.06. The zero-order valence-corrected chi connectivity index (χ0v) is 21.9. The van der Waals surface area contributed by atoms with E-state index in [0.717, 1.165) is 23.3 Å². The molecular weight excluding hydrogens is 494 g/mol. The third-order valence-electron chi connectivity index (χ3n) is 6.17. The van der Waals surface area contributed by atoms with Gasteiger partial charge in [-0.2, -0.15) is 0 Å². The molecule has 3 aromatic rings. The maximum atomic E-state index is 13.3. The van der Waals surface area contributed by atoms with Crippen LogP contribution in [0.15, 0.2) is 82.6 Å². The molecule has 2 N–H and O–H groups in total. The van der Waals surface area contributed by atoms with Crippen LogP contribution in [0.3, 0.4) is 0 Å². The third kappa shape index (κ3) is 5.74. The van der Waals surface area contributed by atoms with Crippen molar-refractivity contribution in [3.63, 3.8) is 0 Å². The first-order valence-corrected chi connectivity index (χ1v) is 14.5. The topological polar surface area (TPSA) is 95.6 Å². The Kier molecular flexibility index (Phi) is 8.01. The summed E-state index contributed by atoms with van der Waals surface area (Å²) in [6, 6.07) is 20.3. The molecule has 1 saturated heterocycles. The Hall–Kier alpha value is -3.30. The second kappa shape index (κ2) is 11.2. The third-order valence-corrected chi connectivity index (χ3v) is 8.33. The van der Waals surface area contributed by atoms with E-state index in [1.54, 1.807) is 35.2 Å². The number of hydrogen-bond donors (Lipinski definition) is 2. The fraction of sp³-hybridized carbons (Fsp3) is 0.259. The van der Waals surface area contributed by atoms with Gasteiger partial charge in [0.25, 0.3) is 21.8 Å². The quantitative estimate of drug-likeness (QED) is 0.408. The minimum Gasteiger partial charge on any atom is -0.345 e. The molecule has 1 aliphatic rings. The number of nitrogens with zero attached hydrogens (tertiary/aromatic N) is 1. The Balaban J connectivity index is 1.59. The summed E-state index contributed by atoms with van der Waals surface area (Å²) < 4.78 is 29.2. The van der Waals surface area contributed by atoms with E-state index in [4.69, 9.17) is 0 Å².